The van der Waals surface area contributed by atoms with Gasteiger partial charge < -0.3 is 14.4 Å². The number of hydrogen-bond acceptors (Lipinski definition) is 6. The summed E-state index contributed by atoms with van der Waals surface area (Å²) in [5.41, 5.74) is 0.0475. The van der Waals surface area contributed by atoms with Crippen molar-refractivity contribution in [2.75, 3.05) is 32.9 Å². The Kier molecular flexibility index (Phi) is 4.83. The maximum atomic E-state index is 11.8. The summed E-state index contributed by atoms with van der Waals surface area (Å²) in [6.45, 7) is 1.56. The standard InChI is InChI=1S/C13H14N2O6/c16-12(14-5-7-20-8-6-14)9-21-13(17)10-1-3-11(4-2-10)15(18)19/h1-4H,5-9H2. The second kappa shape index (κ2) is 6.80. The van der Waals surface area contributed by atoms with Crippen LogP contribution in [0.25, 0.3) is 0 Å². The Morgan fingerprint density at radius 2 is 1.86 bits per heavy atom. The maximum Gasteiger partial charge on any atom is 0.338 e. The summed E-state index contributed by atoms with van der Waals surface area (Å²) in [5.74, 6) is -0.972. The van der Waals surface area contributed by atoms with Crippen molar-refractivity contribution in [2.45, 2.75) is 0 Å². The fraction of sp³-hybridized carbons (Fsp3) is 0.385. The molecule has 0 N–H and O–H groups in total. The molecule has 1 amide bonds. The number of morpholine rings is 1. The molecule has 1 aliphatic heterocycles. The Bertz CT molecular complexity index is 536. The third-order valence-corrected chi connectivity index (χ3v) is 3.00. The van der Waals surface area contributed by atoms with Gasteiger partial charge in [0.15, 0.2) is 6.61 Å². The molecule has 1 aliphatic rings. The molecule has 1 aromatic rings. The summed E-state index contributed by atoms with van der Waals surface area (Å²) < 4.78 is 10.0. The molecule has 2 rings (SSSR count). The van der Waals surface area contributed by atoms with Crippen LogP contribution in [0.3, 0.4) is 0 Å². The topological polar surface area (TPSA) is 99.0 Å². The molecule has 0 aromatic heterocycles. The molecule has 0 aliphatic carbocycles. The van der Waals surface area contributed by atoms with E-state index < -0.39 is 10.9 Å². The first-order chi connectivity index (χ1) is 10.1. The number of nitro benzene ring substituents is 1. The van der Waals surface area contributed by atoms with Gasteiger partial charge in [-0.3, -0.25) is 14.9 Å². The van der Waals surface area contributed by atoms with E-state index in [0.717, 1.165) is 0 Å². The van der Waals surface area contributed by atoms with Crippen molar-refractivity contribution in [3.8, 4) is 0 Å². The van der Waals surface area contributed by atoms with E-state index in [-0.39, 0.29) is 23.8 Å². The van der Waals surface area contributed by atoms with Gasteiger partial charge in [-0.15, -0.1) is 0 Å². The van der Waals surface area contributed by atoms with E-state index in [0.29, 0.717) is 26.3 Å². The zero-order chi connectivity index (χ0) is 15.2. The number of nitrogens with zero attached hydrogens (tertiary/aromatic N) is 2. The van der Waals surface area contributed by atoms with Gasteiger partial charge in [-0.05, 0) is 12.1 Å². The van der Waals surface area contributed by atoms with Crippen molar-refractivity contribution in [3.63, 3.8) is 0 Å². The van der Waals surface area contributed by atoms with Gasteiger partial charge in [0, 0.05) is 25.2 Å². The van der Waals surface area contributed by atoms with Crippen molar-refractivity contribution >= 4 is 17.6 Å². The van der Waals surface area contributed by atoms with Crippen LogP contribution in [-0.4, -0.2) is 54.6 Å². The fourth-order valence-electron chi connectivity index (χ4n) is 1.83. The lowest BCUT2D eigenvalue weighted by molar-refractivity contribution is -0.384. The second-order valence-corrected chi connectivity index (χ2v) is 4.37. The van der Waals surface area contributed by atoms with E-state index in [1.165, 1.54) is 24.3 Å². The van der Waals surface area contributed by atoms with Gasteiger partial charge in [-0.1, -0.05) is 0 Å². The highest BCUT2D eigenvalue weighted by Gasteiger charge is 2.19. The average molecular weight is 294 g/mol. The van der Waals surface area contributed by atoms with Crippen molar-refractivity contribution in [1.29, 1.82) is 0 Å². The zero-order valence-corrected chi connectivity index (χ0v) is 11.2. The van der Waals surface area contributed by atoms with E-state index in [2.05, 4.69) is 0 Å². The van der Waals surface area contributed by atoms with E-state index >= 15 is 0 Å². The zero-order valence-electron chi connectivity index (χ0n) is 11.2. The molecule has 1 aromatic carbocycles. The van der Waals surface area contributed by atoms with E-state index in [9.17, 15) is 19.7 Å². The summed E-state index contributed by atoms with van der Waals surface area (Å²) in [6, 6.07) is 5.00. The number of amides is 1. The molecule has 0 atom stereocenters. The van der Waals surface area contributed by atoms with Gasteiger partial charge in [-0.2, -0.15) is 0 Å². The van der Waals surface area contributed by atoms with E-state index in [4.69, 9.17) is 9.47 Å². The first-order valence-corrected chi connectivity index (χ1v) is 6.35. The number of esters is 1. The minimum absolute atomic E-state index is 0.115. The quantitative estimate of drug-likeness (QED) is 0.458. The van der Waals surface area contributed by atoms with Crippen LogP contribution in [0.15, 0.2) is 24.3 Å². The molecule has 0 radical (unpaired) electrons. The largest absolute Gasteiger partial charge is 0.452 e. The highest BCUT2D eigenvalue weighted by atomic mass is 16.6. The van der Waals surface area contributed by atoms with Crippen LogP contribution >= 0.6 is 0 Å². The van der Waals surface area contributed by atoms with Crippen molar-refractivity contribution in [1.82, 2.24) is 4.90 Å². The van der Waals surface area contributed by atoms with Gasteiger partial charge in [0.2, 0.25) is 0 Å². The smallest absolute Gasteiger partial charge is 0.338 e. The average Bonchev–Trinajstić information content (AvgIpc) is 2.53. The molecular formula is C13H14N2O6. The number of benzene rings is 1. The number of carbonyl (C=O) groups excluding carboxylic acids is 2. The normalized spacial score (nSPS) is 14.6. The Hall–Kier alpha value is -2.48. The molecule has 8 heteroatoms. The Morgan fingerprint density at radius 3 is 2.43 bits per heavy atom. The van der Waals surface area contributed by atoms with Crippen LogP contribution in [0.2, 0.25) is 0 Å². The second-order valence-electron chi connectivity index (χ2n) is 4.37. The SMILES string of the molecule is O=C(OCC(=O)N1CCOCC1)c1ccc([N+](=O)[O-])cc1. The third kappa shape index (κ3) is 3.99. The molecule has 0 unspecified atom stereocenters. The molecule has 1 saturated heterocycles. The van der Waals surface area contributed by atoms with Crippen molar-refractivity contribution in [2.24, 2.45) is 0 Å². The number of hydrogen-bond donors (Lipinski definition) is 0. The molecule has 1 heterocycles. The highest BCUT2D eigenvalue weighted by Crippen LogP contribution is 2.12. The minimum atomic E-state index is -0.688. The number of non-ortho nitro benzene ring substituents is 1. The summed E-state index contributed by atoms with van der Waals surface area (Å²) in [4.78, 5) is 35.0. The third-order valence-electron chi connectivity index (χ3n) is 3.00. The van der Waals surface area contributed by atoms with Gasteiger partial charge >= 0.3 is 5.97 Å². The van der Waals surface area contributed by atoms with Gasteiger partial charge in [-0.25, -0.2) is 4.79 Å². The fourth-order valence-corrected chi connectivity index (χ4v) is 1.83. The van der Waals surface area contributed by atoms with Crippen molar-refractivity contribution in [3.05, 3.63) is 39.9 Å². The summed E-state index contributed by atoms with van der Waals surface area (Å²) in [7, 11) is 0. The minimum Gasteiger partial charge on any atom is -0.452 e. The monoisotopic (exact) mass is 294 g/mol. The summed E-state index contributed by atoms with van der Waals surface area (Å²) in [5, 5.41) is 10.5. The molecule has 21 heavy (non-hydrogen) atoms. The van der Waals surface area contributed by atoms with Gasteiger partial charge in [0.25, 0.3) is 11.6 Å². The van der Waals surface area contributed by atoms with E-state index in [1.807, 2.05) is 0 Å². The van der Waals surface area contributed by atoms with E-state index in [1.54, 1.807) is 4.90 Å². The number of ether oxygens (including phenoxy) is 2. The van der Waals surface area contributed by atoms with Gasteiger partial charge in [0.05, 0.1) is 23.7 Å². The predicted octanol–water partition coefficient (Wildman–Crippen LogP) is 0.610. The van der Waals surface area contributed by atoms with Crippen LogP contribution in [-0.2, 0) is 14.3 Å². The summed E-state index contributed by atoms with van der Waals surface area (Å²) >= 11 is 0. The molecule has 112 valence electrons. The number of carbonyl (C=O) groups is 2. The molecule has 8 nitrogen and oxygen atoms in total. The van der Waals surface area contributed by atoms with Crippen LogP contribution in [0.1, 0.15) is 10.4 Å². The highest BCUT2D eigenvalue weighted by molar-refractivity contribution is 5.91. The maximum absolute atomic E-state index is 11.8. The predicted molar refractivity (Wildman–Crippen MR) is 70.8 cm³/mol. The number of nitro groups is 1. The molecular weight excluding hydrogens is 280 g/mol. The lowest BCUT2D eigenvalue weighted by Gasteiger charge is -2.26. The molecule has 1 fully saturated rings. The molecule has 0 saturated carbocycles. The van der Waals surface area contributed by atoms with Crippen LogP contribution in [0, 0.1) is 10.1 Å². The Labute approximate surface area is 120 Å². The molecule has 0 spiro atoms. The lowest BCUT2D eigenvalue weighted by Crippen LogP contribution is -2.42. The van der Waals surface area contributed by atoms with Gasteiger partial charge in [0.1, 0.15) is 0 Å². The van der Waals surface area contributed by atoms with Crippen LogP contribution < -0.4 is 0 Å². The van der Waals surface area contributed by atoms with Crippen molar-refractivity contribution < 1.29 is 24.0 Å². The lowest BCUT2D eigenvalue weighted by atomic mass is 10.2. The number of rotatable bonds is 4. The first kappa shape index (κ1) is 14.9. The Morgan fingerprint density at radius 1 is 1.24 bits per heavy atom. The molecule has 0 bridgehead atoms. The first-order valence-electron chi connectivity index (χ1n) is 6.35. The summed E-state index contributed by atoms with van der Waals surface area (Å²) in [6.07, 6.45) is 0. The van der Waals surface area contributed by atoms with Crippen LogP contribution in [0.5, 0.6) is 0 Å². The Balaban J connectivity index is 1.86. The van der Waals surface area contributed by atoms with Crippen LogP contribution in [0.4, 0.5) is 5.69 Å².